The average molecular weight is 220 g/mol. The molecule has 0 radical (unpaired) electrons. The molecule has 0 amide bonds. The number of hydrogen-bond donors (Lipinski definition) is 1. The van der Waals surface area contributed by atoms with Crippen LogP contribution in [0.3, 0.4) is 0 Å². The largest absolute Gasteiger partial charge is 0.491 e. The van der Waals surface area contributed by atoms with Crippen molar-refractivity contribution in [1.82, 2.24) is 0 Å². The number of nitrogens with two attached hydrogens (primary N) is 1. The fourth-order valence-electron chi connectivity index (χ4n) is 1.02. The summed E-state index contributed by atoms with van der Waals surface area (Å²) in [5, 5.41) is 0. The Kier molecular flexibility index (Phi) is 6.25. The summed E-state index contributed by atoms with van der Waals surface area (Å²) in [6.07, 6.45) is 0. The Labute approximate surface area is 89.7 Å². The van der Waals surface area contributed by atoms with Crippen LogP contribution >= 0.6 is 12.4 Å². The van der Waals surface area contributed by atoms with Crippen LogP contribution in [-0.4, -0.2) is 13.3 Å². The quantitative estimate of drug-likeness (QED) is 0.845. The van der Waals surface area contributed by atoms with Gasteiger partial charge in [-0.05, 0) is 24.6 Å². The summed E-state index contributed by atoms with van der Waals surface area (Å²) >= 11 is 0. The van der Waals surface area contributed by atoms with E-state index in [1.54, 1.807) is 12.1 Å². The van der Waals surface area contributed by atoms with Gasteiger partial charge in [-0.3, -0.25) is 0 Å². The highest BCUT2D eigenvalue weighted by Crippen LogP contribution is 2.15. The van der Waals surface area contributed by atoms with Crippen molar-refractivity contribution in [2.45, 2.75) is 13.0 Å². The molecule has 0 fully saturated rings. The van der Waals surface area contributed by atoms with Crippen molar-refractivity contribution in [3.8, 4) is 5.75 Å². The third kappa shape index (κ3) is 3.94. The van der Waals surface area contributed by atoms with E-state index in [2.05, 4.69) is 0 Å². The van der Waals surface area contributed by atoms with Gasteiger partial charge in [0.2, 0.25) is 0 Å². The molecule has 1 unspecified atom stereocenters. The van der Waals surface area contributed by atoms with Crippen molar-refractivity contribution >= 4 is 12.4 Å². The zero-order valence-electron chi connectivity index (χ0n) is 8.07. The molecule has 0 spiro atoms. The first-order chi connectivity index (χ1) is 6.24. The third-order valence-electron chi connectivity index (χ3n) is 1.75. The van der Waals surface area contributed by atoms with E-state index in [-0.39, 0.29) is 25.1 Å². The molecule has 1 atom stereocenters. The number of alkyl halides is 1. The summed E-state index contributed by atoms with van der Waals surface area (Å²) in [5.41, 5.74) is 6.71. The SMILES string of the molecule is CC(N)c1ccc(OCCF)cc1.Cl. The molecule has 2 nitrogen and oxygen atoms in total. The highest BCUT2D eigenvalue weighted by atomic mass is 35.5. The lowest BCUT2D eigenvalue weighted by Crippen LogP contribution is -2.04. The molecule has 0 bridgehead atoms. The van der Waals surface area contributed by atoms with Crippen molar-refractivity contribution in [3.63, 3.8) is 0 Å². The molecule has 4 heteroatoms. The van der Waals surface area contributed by atoms with Gasteiger partial charge in [-0.2, -0.15) is 0 Å². The Balaban J connectivity index is 0.00000169. The summed E-state index contributed by atoms with van der Waals surface area (Å²) in [6.45, 7) is 1.56. The van der Waals surface area contributed by atoms with Gasteiger partial charge in [0.15, 0.2) is 0 Å². The van der Waals surface area contributed by atoms with Crippen molar-refractivity contribution in [1.29, 1.82) is 0 Å². The second kappa shape index (κ2) is 6.62. The van der Waals surface area contributed by atoms with Crippen LogP contribution in [0.25, 0.3) is 0 Å². The van der Waals surface area contributed by atoms with Crippen LogP contribution in [0.4, 0.5) is 4.39 Å². The first kappa shape index (κ1) is 13.2. The molecular formula is C10H15ClFNO. The smallest absolute Gasteiger partial charge is 0.123 e. The summed E-state index contributed by atoms with van der Waals surface area (Å²) in [5.74, 6) is 0.682. The number of rotatable bonds is 4. The van der Waals surface area contributed by atoms with E-state index in [1.165, 1.54) is 0 Å². The first-order valence-corrected chi connectivity index (χ1v) is 4.28. The molecule has 1 aromatic carbocycles. The molecule has 0 aliphatic rings. The summed E-state index contributed by atoms with van der Waals surface area (Å²) in [6, 6.07) is 7.40. The molecular weight excluding hydrogens is 205 g/mol. The lowest BCUT2D eigenvalue weighted by molar-refractivity contribution is 0.273. The van der Waals surface area contributed by atoms with Crippen LogP contribution in [0, 0.1) is 0 Å². The molecule has 0 aliphatic heterocycles. The first-order valence-electron chi connectivity index (χ1n) is 4.28. The molecule has 1 rings (SSSR count). The molecule has 2 N–H and O–H groups in total. The highest BCUT2D eigenvalue weighted by Gasteiger charge is 1.98. The van der Waals surface area contributed by atoms with Gasteiger partial charge in [0.05, 0.1) is 0 Å². The Morgan fingerprint density at radius 3 is 2.36 bits per heavy atom. The molecule has 0 aliphatic carbocycles. The predicted molar refractivity (Wildman–Crippen MR) is 57.8 cm³/mol. The Hall–Kier alpha value is -0.800. The zero-order valence-corrected chi connectivity index (χ0v) is 8.89. The van der Waals surface area contributed by atoms with Crippen LogP contribution in [0.5, 0.6) is 5.75 Å². The van der Waals surface area contributed by atoms with E-state index in [1.807, 2.05) is 19.1 Å². The highest BCUT2D eigenvalue weighted by molar-refractivity contribution is 5.85. The normalized spacial score (nSPS) is 11.6. The molecule has 0 heterocycles. The lowest BCUT2D eigenvalue weighted by Gasteiger charge is -2.07. The molecule has 14 heavy (non-hydrogen) atoms. The fourth-order valence-corrected chi connectivity index (χ4v) is 1.02. The minimum Gasteiger partial charge on any atom is -0.491 e. The van der Waals surface area contributed by atoms with Crippen LogP contribution in [0.2, 0.25) is 0 Å². The fraction of sp³-hybridized carbons (Fsp3) is 0.400. The predicted octanol–water partition coefficient (Wildman–Crippen LogP) is 2.48. The lowest BCUT2D eigenvalue weighted by atomic mass is 10.1. The van der Waals surface area contributed by atoms with E-state index in [9.17, 15) is 4.39 Å². The van der Waals surface area contributed by atoms with E-state index in [0.717, 1.165) is 5.56 Å². The number of benzene rings is 1. The van der Waals surface area contributed by atoms with Gasteiger partial charge < -0.3 is 10.5 Å². The van der Waals surface area contributed by atoms with E-state index < -0.39 is 6.67 Å². The zero-order chi connectivity index (χ0) is 9.68. The van der Waals surface area contributed by atoms with Crippen LogP contribution < -0.4 is 10.5 Å². The third-order valence-corrected chi connectivity index (χ3v) is 1.75. The van der Waals surface area contributed by atoms with Gasteiger partial charge in [-0.25, -0.2) is 4.39 Å². The van der Waals surface area contributed by atoms with E-state index in [0.29, 0.717) is 5.75 Å². The molecule has 0 saturated heterocycles. The molecule has 0 aromatic heterocycles. The minimum absolute atomic E-state index is 0. The number of halogens is 2. The van der Waals surface area contributed by atoms with E-state index >= 15 is 0 Å². The summed E-state index contributed by atoms with van der Waals surface area (Å²) < 4.78 is 16.8. The maximum atomic E-state index is 11.7. The number of ether oxygens (including phenoxy) is 1. The Morgan fingerprint density at radius 1 is 1.36 bits per heavy atom. The van der Waals surface area contributed by atoms with Crippen LogP contribution in [0.1, 0.15) is 18.5 Å². The molecule has 0 saturated carbocycles. The maximum absolute atomic E-state index is 11.7. The van der Waals surface area contributed by atoms with Crippen molar-refractivity contribution in [3.05, 3.63) is 29.8 Å². The molecule has 80 valence electrons. The van der Waals surface area contributed by atoms with Gasteiger partial charge in [-0.15, -0.1) is 12.4 Å². The van der Waals surface area contributed by atoms with Gasteiger partial charge in [-0.1, -0.05) is 12.1 Å². The van der Waals surface area contributed by atoms with E-state index in [4.69, 9.17) is 10.5 Å². The standard InChI is InChI=1S/C10H14FNO.ClH/c1-8(12)9-2-4-10(5-3-9)13-7-6-11;/h2-5,8H,6-7,12H2,1H3;1H. The summed E-state index contributed by atoms with van der Waals surface area (Å²) in [4.78, 5) is 0. The van der Waals surface area contributed by atoms with Gasteiger partial charge in [0.25, 0.3) is 0 Å². The minimum atomic E-state index is -0.463. The Bertz CT molecular complexity index is 251. The van der Waals surface area contributed by atoms with Gasteiger partial charge in [0.1, 0.15) is 19.0 Å². The Morgan fingerprint density at radius 2 is 1.93 bits per heavy atom. The van der Waals surface area contributed by atoms with Crippen molar-refractivity contribution in [2.24, 2.45) is 5.73 Å². The van der Waals surface area contributed by atoms with Crippen LogP contribution in [-0.2, 0) is 0 Å². The number of hydrogen-bond acceptors (Lipinski definition) is 2. The molecule has 1 aromatic rings. The topological polar surface area (TPSA) is 35.2 Å². The average Bonchev–Trinajstić information content (AvgIpc) is 2.15. The maximum Gasteiger partial charge on any atom is 0.123 e. The van der Waals surface area contributed by atoms with Gasteiger partial charge in [0, 0.05) is 6.04 Å². The monoisotopic (exact) mass is 219 g/mol. The second-order valence-corrected chi connectivity index (χ2v) is 2.90. The van der Waals surface area contributed by atoms with Crippen molar-refractivity contribution < 1.29 is 9.13 Å². The van der Waals surface area contributed by atoms with Crippen molar-refractivity contribution in [2.75, 3.05) is 13.3 Å². The summed E-state index contributed by atoms with van der Waals surface area (Å²) in [7, 11) is 0. The van der Waals surface area contributed by atoms with Gasteiger partial charge >= 0.3 is 0 Å². The second-order valence-electron chi connectivity index (χ2n) is 2.90. The van der Waals surface area contributed by atoms with Crippen LogP contribution in [0.15, 0.2) is 24.3 Å².